The molecule has 1 amide bonds. The number of benzene rings is 1. The molecule has 0 radical (unpaired) electrons. The second-order valence-electron chi connectivity index (χ2n) is 4.54. The number of hydrogen-bond donors (Lipinski definition) is 2. The van der Waals surface area contributed by atoms with Crippen molar-refractivity contribution in [1.82, 2.24) is 10.3 Å². The molecule has 6 nitrogen and oxygen atoms in total. The highest BCUT2D eigenvalue weighted by molar-refractivity contribution is 5.92. The highest BCUT2D eigenvalue weighted by Crippen LogP contribution is 2.20. The van der Waals surface area contributed by atoms with Gasteiger partial charge in [-0.2, -0.15) is 0 Å². The average Bonchev–Trinajstić information content (AvgIpc) is 2.56. The fraction of sp³-hybridized carbons (Fsp3) is 0.250. The first kappa shape index (κ1) is 15.8. The molecule has 1 heterocycles. The fourth-order valence-electron chi connectivity index (χ4n) is 1.83. The van der Waals surface area contributed by atoms with Crippen molar-refractivity contribution in [1.29, 1.82) is 0 Å². The zero-order chi connectivity index (χ0) is 15.8. The predicted molar refractivity (Wildman–Crippen MR) is 84.7 cm³/mol. The molecule has 0 aliphatic heterocycles. The molecule has 116 valence electrons. The molecule has 1 aromatic carbocycles. The van der Waals surface area contributed by atoms with E-state index in [0.29, 0.717) is 18.8 Å². The van der Waals surface area contributed by atoms with Crippen molar-refractivity contribution >= 4 is 17.3 Å². The maximum atomic E-state index is 11.8. The fourth-order valence-corrected chi connectivity index (χ4v) is 1.83. The van der Waals surface area contributed by atoms with Gasteiger partial charge in [-0.25, -0.2) is 4.98 Å². The molecule has 0 saturated carbocycles. The van der Waals surface area contributed by atoms with Gasteiger partial charge in [-0.05, 0) is 24.3 Å². The van der Waals surface area contributed by atoms with Gasteiger partial charge < -0.3 is 20.1 Å². The molecule has 22 heavy (non-hydrogen) atoms. The number of rotatable bonds is 7. The Morgan fingerprint density at radius 1 is 1.18 bits per heavy atom. The lowest BCUT2D eigenvalue weighted by molar-refractivity contribution is 0.0932. The van der Waals surface area contributed by atoms with E-state index in [4.69, 9.17) is 9.47 Å². The third kappa shape index (κ3) is 4.46. The van der Waals surface area contributed by atoms with Gasteiger partial charge in [-0.1, -0.05) is 6.07 Å². The van der Waals surface area contributed by atoms with Crippen molar-refractivity contribution in [3.63, 3.8) is 0 Å². The van der Waals surface area contributed by atoms with Gasteiger partial charge in [0, 0.05) is 25.4 Å². The number of carbonyl (C=O) groups is 1. The first-order valence-corrected chi connectivity index (χ1v) is 6.87. The van der Waals surface area contributed by atoms with E-state index in [-0.39, 0.29) is 5.91 Å². The van der Waals surface area contributed by atoms with Crippen molar-refractivity contribution in [2.24, 2.45) is 0 Å². The van der Waals surface area contributed by atoms with E-state index in [9.17, 15) is 4.79 Å². The van der Waals surface area contributed by atoms with Crippen LogP contribution < -0.4 is 15.4 Å². The van der Waals surface area contributed by atoms with E-state index < -0.39 is 0 Å². The summed E-state index contributed by atoms with van der Waals surface area (Å²) in [5.74, 6) is 0.553. The van der Waals surface area contributed by atoms with Crippen LogP contribution in [0.3, 0.4) is 0 Å². The number of aromatic nitrogens is 1. The van der Waals surface area contributed by atoms with Crippen LogP contribution in [-0.4, -0.2) is 38.3 Å². The number of anilines is 2. The van der Waals surface area contributed by atoms with E-state index in [1.54, 1.807) is 32.5 Å². The smallest absolute Gasteiger partial charge is 0.269 e. The summed E-state index contributed by atoms with van der Waals surface area (Å²) in [6.45, 7) is 0.933. The van der Waals surface area contributed by atoms with Crippen LogP contribution in [0.1, 0.15) is 10.5 Å². The summed E-state index contributed by atoms with van der Waals surface area (Å²) in [5.41, 5.74) is 2.05. The second kappa shape index (κ2) is 7.99. The molecule has 6 heteroatoms. The molecular weight excluding hydrogens is 282 g/mol. The van der Waals surface area contributed by atoms with Gasteiger partial charge in [0.25, 0.3) is 5.91 Å². The average molecular weight is 301 g/mol. The Morgan fingerprint density at radius 2 is 2.05 bits per heavy atom. The Hall–Kier alpha value is -2.60. The first-order valence-electron chi connectivity index (χ1n) is 6.87. The summed E-state index contributed by atoms with van der Waals surface area (Å²) in [6.07, 6.45) is 1.62. The SMILES string of the molecule is COCCNC(=O)c1ccc(Nc2cccc(OC)c2)cn1. The zero-order valence-corrected chi connectivity index (χ0v) is 12.6. The number of methoxy groups -OCH3 is 2. The molecule has 2 N–H and O–H groups in total. The van der Waals surface area contributed by atoms with Gasteiger partial charge in [0.2, 0.25) is 0 Å². The third-order valence-electron chi connectivity index (χ3n) is 2.95. The van der Waals surface area contributed by atoms with Crippen LogP contribution in [0, 0.1) is 0 Å². The van der Waals surface area contributed by atoms with Crippen LogP contribution in [0.2, 0.25) is 0 Å². The van der Waals surface area contributed by atoms with Crippen molar-refractivity contribution in [2.45, 2.75) is 0 Å². The van der Waals surface area contributed by atoms with E-state index in [1.807, 2.05) is 24.3 Å². The molecule has 1 aromatic heterocycles. The number of hydrogen-bond acceptors (Lipinski definition) is 5. The minimum absolute atomic E-state index is 0.218. The molecule has 0 saturated heterocycles. The zero-order valence-electron chi connectivity index (χ0n) is 12.6. The van der Waals surface area contributed by atoms with Crippen LogP contribution in [0.4, 0.5) is 11.4 Å². The van der Waals surface area contributed by atoms with Crippen LogP contribution in [0.25, 0.3) is 0 Å². The van der Waals surface area contributed by atoms with E-state index in [2.05, 4.69) is 15.6 Å². The predicted octanol–water partition coefficient (Wildman–Crippen LogP) is 2.21. The molecule has 0 aliphatic rings. The Labute approximate surface area is 129 Å². The van der Waals surface area contributed by atoms with Crippen molar-refractivity contribution in [3.05, 3.63) is 48.3 Å². The molecule has 2 rings (SSSR count). The minimum Gasteiger partial charge on any atom is -0.497 e. The number of nitrogens with one attached hydrogen (secondary N) is 2. The van der Waals surface area contributed by atoms with Gasteiger partial charge in [0.1, 0.15) is 11.4 Å². The van der Waals surface area contributed by atoms with Gasteiger partial charge in [-0.15, -0.1) is 0 Å². The molecule has 0 spiro atoms. The maximum Gasteiger partial charge on any atom is 0.269 e. The van der Waals surface area contributed by atoms with E-state index in [0.717, 1.165) is 17.1 Å². The third-order valence-corrected chi connectivity index (χ3v) is 2.95. The lowest BCUT2D eigenvalue weighted by atomic mass is 10.2. The number of nitrogens with zero attached hydrogens (tertiary/aromatic N) is 1. The highest BCUT2D eigenvalue weighted by atomic mass is 16.5. The van der Waals surface area contributed by atoms with Crippen molar-refractivity contribution < 1.29 is 14.3 Å². The van der Waals surface area contributed by atoms with Crippen molar-refractivity contribution in [2.75, 3.05) is 32.7 Å². The summed E-state index contributed by atoms with van der Waals surface area (Å²) in [7, 11) is 3.21. The number of carbonyl (C=O) groups excluding carboxylic acids is 1. The van der Waals surface area contributed by atoms with Gasteiger partial charge in [0.15, 0.2) is 0 Å². The minimum atomic E-state index is -0.218. The maximum absolute atomic E-state index is 11.8. The number of ether oxygens (including phenoxy) is 2. The van der Waals surface area contributed by atoms with Crippen LogP contribution in [0.15, 0.2) is 42.6 Å². The molecule has 2 aromatic rings. The summed E-state index contributed by atoms with van der Waals surface area (Å²) < 4.78 is 10.0. The summed E-state index contributed by atoms with van der Waals surface area (Å²) in [5, 5.41) is 5.92. The van der Waals surface area contributed by atoms with Crippen LogP contribution in [-0.2, 0) is 4.74 Å². The molecule has 0 aliphatic carbocycles. The number of pyridine rings is 1. The van der Waals surface area contributed by atoms with E-state index >= 15 is 0 Å². The van der Waals surface area contributed by atoms with Crippen molar-refractivity contribution in [3.8, 4) is 5.75 Å². The van der Waals surface area contributed by atoms with Gasteiger partial charge in [-0.3, -0.25) is 4.79 Å². The lowest BCUT2D eigenvalue weighted by Crippen LogP contribution is -2.27. The second-order valence-corrected chi connectivity index (χ2v) is 4.54. The molecule has 0 atom stereocenters. The van der Waals surface area contributed by atoms with Crippen LogP contribution in [0.5, 0.6) is 5.75 Å². The number of amides is 1. The summed E-state index contributed by atoms with van der Waals surface area (Å²) in [4.78, 5) is 16.0. The monoisotopic (exact) mass is 301 g/mol. The first-order chi connectivity index (χ1) is 10.7. The molecular formula is C16H19N3O3. The normalized spacial score (nSPS) is 10.1. The Morgan fingerprint density at radius 3 is 2.73 bits per heavy atom. The lowest BCUT2D eigenvalue weighted by Gasteiger charge is -2.08. The standard InChI is InChI=1S/C16H19N3O3/c1-21-9-8-17-16(20)15-7-6-13(11-18-15)19-12-4-3-5-14(10-12)22-2/h3-7,10-11,19H,8-9H2,1-2H3,(H,17,20). The van der Waals surface area contributed by atoms with Gasteiger partial charge >= 0.3 is 0 Å². The Kier molecular flexibility index (Phi) is 5.73. The van der Waals surface area contributed by atoms with Gasteiger partial charge in [0.05, 0.1) is 25.6 Å². The summed E-state index contributed by atoms with van der Waals surface area (Å²) >= 11 is 0. The molecule has 0 unspecified atom stereocenters. The highest BCUT2D eigenvalue weighted by Gasteiger charge is 2.06. The Bertz CT molecular complexity index is 614. The van der Waals surface area contributed by atoms with E-state index in [1.165, 1.54) is 0 Å². The topological polar surface area (TPSA) is 72.5 Å². The quantitative estimate of drug-likeness (QED) is 0.767. The largest absolute Gasteiger partial charge is 0.497 e. The molecule has 0 fully saturated rings. The van der Waals surface area contributed by atoms with Crippen LogP contribution >= 0.6 is 0 Å². The molecule has 0 bridgehead atoms. The summed E-state index contributed by atoms with van der Waals surface area (Å²) in [6, 6.07) is 11.0. The Balaban J connectivity index is 1.97.